The Morgan fingerprint density at radius 1 is 1.04 bits per heavy atom. The lowest BCUT2D eigenvalue weighted by Crippen LogP contribution is -2.44. The Morgan fingerprint density at radius 3 is 2.60 bits per heavy atom. The number of rotatable bonds is 4. The van der Waals surface area contributed by atoms with Crippen LogP contribution in [0.15, 0.2) is 53.7 Å². The molecule has 2 heterocycles. The quantitative estimate of drug-likeness (QED) is 0.528. The molecule has 0 saturated carbocycles. The van der Waals surface area contributed by atoms with E-state index >= 15 is 0 Å². The minimum Gasteiger partial charge on any atom is -0.411 e. The molecule has 4 heteroatoms. The fraction of sp³-hybridized carbons (Fsp3) is 0.381. The fourth-order valence-corrected chi connectivity index (χ4v) is 4.18. The number of benzene rings is 2. The molecule has 0 aromatic heterocycles. The van der Waals surface area contributed by atoms with Crippen molar-refractivity contribution < 1.29 is 5.21 Å². The molecule has 2 aliphatic rings. The zero-order valence-electron chi connectivity index (χ0n) is 14.5. The molecule has 0 spiro atoms. The molecule has 0 radical (unpaired) electrons. The highest BCUT2D eigenvalue weighted by atomic mass is 16.4. The zero-order valence-corrected chi connectivity index (χ0v) is 14.5. The van der Waals surface area contributed by atoms with Gasteiger partial charge in [-0.1, -0.05) is 47.6 Å². The van der Waals surface area contributed by atoms with Gasteiger partial charge in [0.15, 0.2) is 0 Å². The van der Waals surface area contributed by atoms with E-state index in [0.29, 0.717) is 6.04 Å². The Bertz CT molecular complexity index is 736. The first-order valence-corrected chi connectivity index (χ1v) is 9.17. The van der Waals surface area contributed by atoms with E-state index in [4.69, 9.17) is 5.21 Å². The third kappa shape index (κ3) is 3.54. The molecule has 2 aromatic carbocycles. The summed E-state index contributed by atoms with van der Waals surface area (Å²) in [5.41, 5.74) is 5.12. The second-order valence-electron chi connectivity index (χ2n) is 7.07. The monoisotopic (exact) mass is 335 g/mol. The summed E-state index contributed by atoms with van der Waals surface area (Å²) in [6.07, 6.45) is 5.06. The average Bonchev–Trinajstić information content (AvgIpc) is 3.07. The van der Waals surface area contributed by atoms with E-state index in [1.807, 2.05) is 6.07 Å². The Labute approximate surface area is 149 Å². The number of hydrogen-bond donors (Lipinski definition) is 1. The van der Waals surface area contributed by atoms with Crippen LogP contribution in [0.4, 0.5) is 5.69 Å². The lowest BCUT2D eigenvalue weighted by atomic mass is 10.0. The number of oxime groups is 1. The maximum Gasteiger partial charge on any atom is 0.0734 e. The highest BCUT2D eigenvalue weighted by Gasteiger charge is 2.29. The van der Waals surface area contributed by atoms with Gasteiger partial charge in [-0.2, -0.15) is 0 Å². The van der Waals surface area contributed by atoms with Crippen molar-refractivity contribution in [2.45, 2.75) is 31.8 Å². The third-order valence-corrected chi connectivity index (χ3v) is 5.49. The first kappa shape index (κ1) is 16.2. The van der Waals surface area contributed by atoms with Gasteiger partial charge in [0.05, 0.1) is 6.21 Å². The number of piperidine rings is 1. The van der Waals surface area contributed by atoms with E-state index in [2.05, 4.69) is 57.4 Å². The standard InChI is InChI=1S/C21H25N3O/c25-22-15-18-6-7-19-8-13-24(21(19)14-18)20-9-11-23(12-10-20)16-17-4-2-1-3-5-17/h1-7,14-15,20,25H,8-13,16H2. The highest BCUT2D eigenvalue weighted by molar-refractivity contribution is 5.82. The molecule has 2 aliphatic heterocycles. The molecule has 25 heavy (non-hydrogen) atoms. The summed E-state index contributed by atoms with van der Waals surface area (Å²) >= 11 is 0. The predicted octanol–water partition coefficient (Wildman–Crippen LogP) is 3.52. The van der Waals surface area contributed by atoms with Gasteiger partial charge in [0.2, 0.25) is 0 Å². The minimum absolute atomic E-state index is 0.620. The molecule has 0 aliphatic carbocycles. The van der Waals surface area contributed by atoms with Gasteiger partial charge in [-0.15, -0.1) is 0 Å². The molecule has 0 bridgehead atoms. The number of anilines is 1. The lowest BCUT2D eigenvalue weighted by molar-refractivity contribution is 0.202. The molecule has 130 valence electrons. The van der Waals surface area contributed by atoms with Crippen molar-refractivity contribution in [2.24, 2.45) is 5.16 Å². The molecule has 2 aromatic rings. The van der Waals surface area contributed by atoms with Crippen LogP contribution in [0.25, 0.3) is 0 Å². The van der Waals surface area contributed by atoms with Crippen molar-refractivity contribution in [3.05, 3.63) is 65.2 Å². The van der Waals surface area contributed by atoms with Gasteiger partial charge in [0.25, 0.3) is 0 Å². The maximum absolute atomic E-state index is 8.78. The summed E-state index contributed by atoms with van der Waals surface area (Å²) in [7, 11) is 0. The Hall–Kier alpha value is -2.33. The Morgan fingerprint density at radius 2 is 1.84 bits per heavy atom. The van der Waals surface area contributed by atoms with Crippen molar-refractivity contribution in [1.29, 1.82) is 0 Å². The molecular weight excluding hydrogens is 310 g/mol. The largest absolute Gasteiger partial charge is 0.411 e. The molecule has 1 N–H and O–H groups in total. The normalized spacial score (nSPS) is 18.8. The van der Waals surface area contributed by atoms with Crippen molar-refractivity contribution in [1.82, 2.24) is 4.90 Å². The fourth-order valence-electron chi connectivity index (χ4n) is 4.18. The summed E-state index contributed by atoms with van der Waals surface area (Å²) in [5, 5.41) is 12.0. The Kier molecular flexibility index (Phi) is 4.70. The SMILES string of the molecule is ON=Cc1ccc2c(c1)N(C1CCN(Cc3ccccc3)CC1)CC2. The van der Waals surface area contributed by atoms with Gasteiger partial charge in [0, 0.05) is 37.9 Å². The molecule has 0 atom stereocenters. The summed E-state index contributed by atoms with van der Waals surface area (Å²) in [6, 6.07) is 17.7. The van der Waals surface area contributed by atoms with Crippen LogP contribution in [0.1, 0.15) is 29.5 Å². The highest BCUT2D eigenvalue weighted by Crippen LogP contribution is 2.33. The summed E-state index contributed by atoms with van der Waals surface area (Å²) in [4.78, 5) is 5.14. The molecule has 0 amide bonds. The summed E-state index contributed by atoms with van der Waals surface area (Å²) in [5.74, 6) is 0. The van der Waals surface area contributed by atoms with E-state index in [0.717, 1.165) is 38.2 Å². The molecule has 1 saturated heterocycles. The van der Waals surface area contributed by atoms with Crippen molar-refractivity contribution in [3.63, 3.8) is 0 Å². The number of likely N-dealkylation sites (tertiary alicyclic amines) is 1. The van der Waals surface area contributed by atoms with Gasteiger partial charge in [0.1, 0.15) is 0 Å². The van der Waals surface area contributed by atoms with Gasteiger partial charge in [-0.25, -0.2) is 0 Å². The average molecular weight is 335 g/mol. The van der Waals surface area contributed by atoms with Crippen molar-refractivity contribution in [3.8, 4) is 0 Å². The zero-order chi connectivity index (χ0) is 17.1. The van der Waals surface area contributed by atoms with Crippen LogP contribution < -0.4 is 4.90 Å². The van der Waals surface area contributed by atoms with Crippen LogP contribution in [0.2, 0.25) is 0 Å². The number of fused-ring (bicyclic) bond motifs is 1. The van der Waals surface area contributed by atoms with Crippen LogP contribution in [0.3, 0.4) is 0 Å². The van der Waals surface area contributed by atoms with Gasteiger partial charge in [-0.05, 0) is 42.0 Å². The molecule has 0 unspecified atom stereocenters. The summed E-state index contributed by atoms with van der Waals surface area (Å²) in [6.45, 7) is 4.48. The lowest BCUT2D eigenvalue weighted by Gasteiger charge is -2.38. The molecule has 4 nitrogen and oxygen atoms in total. The van der Waals surface area contributed by atoms with E-state index in [1.165, 1.54) is 35.9 Å². The van der Waals surface area contributed by atoms with Gasteiger partial charge in [-0.3, -0.25) is 4.90 Å². The maximum atomic E-state index is 8.78. The van der Waals surface area contributed by atoms with Crippen molar-refractivity contribution in [2.75, 3.05) is 24.5 Å². The van der Waals surface area contributed by atoms with Crippen LogP contribution in [0, 0.1) is 0 Å². The van der Waals surface area contributed by atoms with Gasteiger partial charge >= 0.3 is 0 Å². The van der Waals surface area contributed by atoms with Gasteiger partial charge < -0.3 is 10.1 Å². The first-order valence-electron chi connectivity index (χ1n) is 9.17. The predicted molar refractivity (Wildman–Crippen MR) is 102 cm³/mol. The van der Waals surface area contributed by atoms with E-state index in [1.54, 1.807) is 0 Å². The second-order valence-corrected chi connectivity index (χ2v) is 7.07. The van der Waals surface area contributed by atoms with E-state index in [-0.39, 0.29) is 0 Å². The second kappa shape index (κ2) is 7.28. The molecule has 1 fully saturated rings. The van der Waals surface area contributed by atoms with E-state index < -0.39 is 0 Å². The van der Waals surface area contributed by atoms with Crippen molar-refractivity contribution >= 4 is 11.9 Å². The van der Waals surface area contributed by atoms with Crippen LogP contribution >= 0.6 is 0 Å². The first-order chi connectivity index (χ1) is 12.3. The van der Waals surface area contributed by atoms with Crippen LogP contribution in [0.5, 0.6) is 0 Å². The smallest absolute Gasteiger partial charge is 0.0734 e. The van der Waals surface area contributed by atoms with Crippen LogP contribution in [-0.2, 0) is 13.0 Å². The third-order valence-electron chi connectivity index (χ3n) is 5.49. The van der Waals surface area contributed by atoms with E-state index in [9.17, 15) is 0 Å². The topological polar surface area (TPSA) is 39.1 Å². The minimum atomic E-state index is 0.620. The van der Waals surface area contributed by atoms with Crippen LogP contribution in [-0.4, -0.2) is 42.0 Å². The molecule has 4 rings (SSSR count). The number of hydrogen-bond acceptors (Lipinski definition) is 4. The Balaban J connectivity index is 1.40. The number of nitrogens with zero attached hydrogens (tertiary/aromatic N) is 3. The molecular formula is C21H25N3O. The summed E-state index contributed by atoms with van der Waals surface area (Å²) < 4.78 is 0.